The molecule has 0 heterocycles. The lowest BCUT2D eigenvalue weighted by Gasteiger charge is -2.13. The Labute approximate surface area is 393 Å². The van der Waals surface area contributed by atoms with Crippen LogP contribution in [0, 0.1) is 23.7 Å². The maximum atomic E-state index is 13.1. The number of hydrogen-bond donors (Lipinski definition) is 1. The fourth-order valence-corrected chi connectivity index (χ4v) is 6.96. The van der Waals surface area contributed by atoms with Crippen molar-refractivity contribution in [3.63, 3.8) is 0 Å². The second kappa shape index (κ2) is 25.7. The van der Waals surface area contributed by atoms with Gasteiger partial charge in [0, 0.05) is 6.07 Å². The van der Waals surface area contributed by atoms with Gasteiger partial charge in [-0.3, -0.25) is 0 Å². The molecule has 67 heavy (non-hydrogen) atoms. The number of ether oxygens (including phenoxy) is 6. The highest BCUT2D eigenvalue weighted by Gasteiger charge is 2.18. The van der Waals surface area contributed by atoms with Gasteiger partial charge in [-0.2, -0.15) is 0 Å². The third-order valence-electron chi connectivity index (χ3n) is 11.0. The van der Waals surface area contributed by atoms with Crippen LogP contribution in [0.2, 0.25) is 0 Å². The SMILES string of the molecule is CC(C)CCC[C@@H](C)CCOc1ccc(C(=O)Oc2ccc(C(=O)Oc3cc(OC(=O)c4ccc(OC(=O)c5ccc(OCC[C@H](C)CCCC(C)C)cc5)cc4)cc(C(=O)O)c3)cc2)cc1. The molecule has 0 unspecified atom stereocenters. The number of carbonyl (C=O) groups is 5. The number of aromatic carboxylic acids is 1. The predicted octanol–water partition coefficient (Wildman–Crippen LogP) is 12.7. The van der Waals surface area contributed by atoms with Crippen LogP contribution in [0.15, 0.2) is 115 Å². The Bertz CT molecular complexity index is 2230. The number of hydrogen-bond acceptors (Lipinski definition) is 11. The summed E-state index contributed by atoms with van der Waals surface area (Å²) in [6.07, 6.45) is 9.11. The van der Waals surface area contributed by atoms with Crippen LogP contribution < -0.4 is 28.4 Å². The fourth-order valence-electron chi connectivity index (χ4n) is 6.96. The molecule has 0 aliphatic heterocycles. The topological polar surface area (TPSA) is 161 Å². The zero-order valence-corrected chi connectivity index (χ0v) is 39.3. The monoisotopic (exact) mass is 914 g/mol. The molecular formula is C55H62O12. The molecule has 1 N–H and O–H groups in total. The van der Waals surface area contributed by atoms with E-state index in [1.165, 1.54) is 93.1 Å². The smallest absolute Gasteiger partial charge is 0.343 e. The van der Waals surface area contributed by atoms with Gasteiger partial charge in [0.1, 0.15) is 34.5 Å². The molecule has 0 aliphatic rings. The second-order valence-electron chi connectivity index (χ2n) is 17.8. The Morgan fingerprint density at radius 3 is 0.970 bits per heavy atom. The number of rotatable bonds is 25. The summed E-state index contributed by atoms with van der Waals surface area (Å²) in [5, 5.41) is 9.73. The number of carboxylic acid groups (broad SMARTS) is 1. The van der Waals surface area contributed by atoms with Crippen molar-refractivity contribution in [2.24, 2.45) is 23.7 Å². The normalized spacial score (nSPS) is 11.9. The summed E-state index contributed by atoms with van der Waals surface area (Å²) in [4.78, 5) is 63.8. The third-order valence-corrected chi connectivity index (χ3v) is 11.0. The van der Waals surface area contributed by atoms with Crippen LogP contribution in [0.4, 0.5) is 0 Å². The Kier molecular flexibility index (Phi) is 19.6. The lowest BCUT2D eigenvalue weighted by atomic mass is 9.98. The number of carboxylic acids is 1. The number of esters is 4. The van der Waals surface area contributed by atoms with Crippen LogP contribution in [0.1, 0.15) is 145 Å². The lowest BCUT2D eigenvalue weighted by molar-refractivity contribution is 0.0679. The molecule has 0 fully saturated rings. The molecule has 0 amide bonds. The Morgan fingerprint density at radius 2 is 0.672 bits per heavy atom. The van der Waals surface area contributed by atoms with Gasteiger partial charge >= 0.3 is 29.8 Å². The van der Waals surface area contributed by atoms with Crippen molar-refractivity contribution >= 4 is 29.8 Å². The van der Waals surface area contributed by atoms with E-state index in [2.05, 4.69) is 41.5 Å². The molecule has 12 heteroatoms. The van der Waals surface area contributed by atoms with Crippen molar-refractivity contribution in [3.05, 3.63) is 143 Å². The molecule has 0 radical (unpaired) electrons. The minimum absolute atomic E-state index is 0.0740. The van der Waals surface area contributed by atoms with Gasteiger partial charge < -0.3 is 33.5 Å². The highest BCUT2D eigenvalue weighted by atomic mass is 16.6. The summed E-state index contributed by atoms with van der Waals surface area (Å²) >= 11 is 0. The van der Waals surface area contributed by atoms with Gasteiger partial charge in [0.25, 0.3) is 0 Å². The maximum Gasteiger partial charge on any atom is 0.343 e. The van der Waals surface area contributed by atoms with E-state index in [0.717, 1.165) is 25.0 Å². The molecule has 0 spiro atoms. The molecule has 0 aromatic heterocycles. The van der Waals surface area contributed by atoms with E-state index in [1.54, 1.807) is 48.5 Å². The van der Waals surface area contributed by atoms with Gasteiger partial charge in [-0.05, 0) is 146 Å². The first-order valence-corrected chi connectivity index (χ1v) is 23.0. The van der Waals surface area contributed by atoms with E-state index in [-0.39, 0.29) is 39.7 Å². The van der Waals surface area contributed by atoms with Gasteiger partial charge in [0.2, 0.25) is 0 Å². The molecule has 12 nitrogen and oxygen atoms in total. The molecule has 2 atom stereocenters. The van der Waals surface area contributed by atoms with Gasteiger partial charge in [0.05, 0.1) is 41.0 Å². The van der Waals surface area contributed by atoms with E-state index in [4.69, 9.17) is 28.4 Å². The number of benzene rings is 5. The summed E-state index contributed by atoms with van der Waals surface area (Å²) in [5.41, 5.74) is 0.477. The molecule has 0 aliphatic carbocycles. The molecule has 5 rings (SSSR count). The second-order valence-corrected chi connectivity index (χ2v) is 17.8. The first kappa shape index (κ1) is 51.0. The van der Waals surface area contributed by atoms with E-state index >= 15 is 0 Å². The lowest BCUT2D eigenvalue weighted by Crippen LogP contribution is -2.12. The zero-order chi connectivity index (χ0) is 48.3. The molecule has 5 aromatic carbocycles. The molecular weight excluding hydrogens is 853 g/mol. The zero-order valence-electron chi connectivity index (χ0n) is 39.3. The van der Waals surface area contributed by atoms with Crippen LogP contribution in [-0.2, 0) is 0 Å². The summed E-state index contributed by atoms with van der Waals surface area (Å²) in [5.74, 6) is -0.406. The first-order valence-electron chi connectivity index (χ1n) is 23.0. The van der Waals surface area contributed by atoms with E-state index in [9.17, 15) is 29.1 Å². The Morgan fingerprint density at radius 1 is 0.373 bits per heavy atom. The van der Waals surface area contributed by atoms with Gasteiger partial charge in [-0.25, -0.2) is 24.0 Å². The minimum Gasteiger partial charge on any atom is -0.494 e. The third kappa shape index (κ3) is 17.4. The summed E-state index contributed by atoms with van der Waals surface area (Å²) in [7, 11) is 0. The maximum absolute atomic E-state index is 13.1. The van der Waals surface area contributed by atoms with Crippen molar-refractivity contribution in [1.82, 2.24) is 0 Å². The average molecular weight is 915 g/mol. The first-order chi connectivity index (χ1) is 32.1. The Hall–Kier alpha value is -6.95. The van der Waals surface area contributed by atoms with Crippen molar-refractivity contribution in [2.75, 3.05) is 13.2 Å². The molecule has 354 valence electrons. The highest BCUT2D eigenvalue weighted by Crippen LogP contribution is 2.27. The van der Waals surface area contributed by atoms with Crippen LogP contribution in [0.3, 0.4) is 0 Å². The van der Waals surface area contributed by atoms with E-state index in [1.807, 2.05) is 0 Å². The summed E-state index contributed by atoms with van der Waals surface area (Å²) in [6, 6.07) is 28.0. The van der Waals surface area contributed by atoms with E-state index < -0.39 is 29.8 Å². The minimum atomic E-state index is -1.35. The quantitative estimate of drug-likeness (QED) is 0.0436. The van der Waals surface area contributed by atoms with Crippen molar-refractivity contribution < 1.29 is 57.5 Å². The largest absolute Gasteiger partial charge is 0.494 e. The molecule has 0 saturated heterocycles. The van der Waals surface area contributed by atoms with Crippen LogP contribution >= 0.6 is 0 Å². The van der Waals surface area contributed by atoms with Crippen molar-refractivity contribution in [1.29, 1.82) is 0 Å². The van der Waals surface area contributed by atoms with Crippen molar-refractivity contribution in [2.45, 2.75) is 92.9 Å². The molecule has 0 bridgehead atoms. The summed E-state index contributed by atoms with van der Waals surface area (Å²) in [6.45, 7) is 14.6. The van der Waals surface area contributed by atoms with Crippen LogP contribution in [0.5, 0.6) is 34.5 Å². The van der Waals surface area contributed by atoms with Gasteiger partial charge in [-0.1, -0.05) is 80.1 Å². The van der Waals surface area contributed by atoms with Crippen LogP contribution in [0.25, 0.3) is 0 Å². The number of carbonyl (C=O) groups excluding carboxylic acids is 4. The van der Waals surface area contributed by atoms with Gasteiger partial charge in [-0.15, -0.1) is 0 Å². The fraction of sp³-hybridized carbons (Fsp3) is 0.364. The average Bonchev–Trinajstić information content (AvgIpc) is 3.29. The predicted molar refractivity (Wildman–Crippen MR) is 255 cm³/mol. The Balaban J connectivity index is 1.09. The molecule has 0 saturated carbocycles. The molecule has 5 aromatic rings. The van der Waals surface area contributed by atoms with E-state index in [0.29, 0.717) is 59.5 Å². The highest BCUT2D eigenvalue weighted by molar-refractivity contribution is 5.95. The summed E-state index contributed by atoms with van der Waals surface area (Å²) < 4.78 is 33.7. The van der Waals surface area contributed by atoms with Crippen LogP contribution in [-0.4, -0.2) is 48.2 Å². The van der Waals surface area contributed by atoms with Gasteiger partial charge in [0.15, 0.2) is 0 Å². The standard InChI is InChI=1S/C55H62O12/c1-36(2)9-7-11-38(5)29-31-62-45-21-13-40(14-22-45)52(58)64-47-25-17-42(18-26-47)54(60)66-49-33-44(51(56)57)34-50(35-49)67-55(61)43-19-27-48(28-20-43)65-53(59)41-15-23-46(24-16-41)63-32-30-39(6)12-8-10-37(3)4/h13-28,33-39H,7-12,29-32H2,1-6H3,(H,56,57)/t38-,39-/m1/s1. The van der Waals surface area contributed by atoms with Crippen molar-refractivity contribution in [3.8, 4) is 34.5 Å².